The number of nitrogens with zero attached hydrogens (tertiary/aromatic N) is 2. The molecule has 0 aromatic rings. The Labute approximate surface area is 109 Å². The Hall–Kier alpha value is -0.260. The topological polar surface area (TPSA) is 49.6 Å². The Morgan fingerprint density at radius 1 is 1.53 bits per heavy atom. The van der Waals surface area contributed by atoms with E-state index in [0.717, 1.165) is 18.8 Å². The average Bonchev–Trinajstić information content (AvgIpc) is 2.23. The van der Waals surface area contributed by atoms with Gasteiger partial charge in [0.05, 0.1) is 0 Å². The van der Waals surface area contributed by atoms with Gasteiger partial charge in [0.25, 0.3) is 0 Å². The van der Waals surface area contributed by atoms with Crippen molar-refractivity contribution in [3.63, 3.8) is 0 Å². The van der Waals surface area contributed by atoms with E-state index in [-0.39, 0.29) is 16.7 Å². The summed E-state index contributed by atoms with van der Waals surface area (Å²) in [6.45, 7) is 7.12. The van der Waals surface area contributed by atoms with Crippen molar-refractivity contribution in [3.8, 4) is 0 Å². The molecule has 1 unspecified atom stereocenters. The minimum absolute atomic E-state index is 0.163. The maximum Gasteiger partial charge on any atom is 0.223 e. The Bertz CT molecular complexity index is 268. The summed E-state index contributed by atoms with van der Waals surface area (Å²) < 4.78 is 0.271. The maximum atomic E-state index is 11.8. The van der Waals surface area contributed by atoms with Gasteiger partial charge in [-0.15, -0.1) is 0 Å². The summed E-state index contributed by atoms with van der Waals surface area (Å²) in [5.74, 6) is 1.29. The van der Waals surface area contributed by atoms with Crippen molar-refractivity contribution in [2.75, 3.05) is 39.5 Å². The zero-order chi connectivity index (χ0) is 13.1. The second-order valence-corrected chi connectivity index (χ2v) is 7.26. The average molecular weight is 259 g/mol. The molecule has 5 heteroatoms. The summed E-state index contributed by atoms with van der Waals surface area (Å²) in [5, 5.41) is 0. The van der Waals surface area contributed by atoms with E-state index < -0.39 is 0 Å². The van der Waals surface area contributed by atoms with E-state index in [1.54, 1.807) is 19.0 Å². The number of hydrogen-bond donors (Lipinski definition) is 1. The predicted octanol–water partition coefficient (Wildman–Crippen LogP) is 0.619. The van der Waals surface area contributed by atoms with Gasteiger partial charge >= 0.3 is 0 Å². The standard InChI is InChI=1S/C12H25N3OS/c1-12(2)9-15(5-6-17-12)10(8-13)7-11(16)14(3)4/h10H,5-9,13H2,1-4H3. The molecule has 1 heterocycles. The van der Waals surface area contributed by atoms with Crippen molar-refractivity contribution in [2.45, 2.75) is 31.1 Å². The van der Waals surface area contributed by atoms with E-state index in [4.69, 9.17) is 5.73 Å². The van der Waals surface area contributed by atoms with Crippen molar-refractivity contribution in [3.05, 3.63) is 0 Å². The first-order chi connectivity index (χ1) is 7.85. The molecule has 0 spiro atoms. The summed E-state index contributed by atoms with van der Waals surface area (Å²) in [7, 11) is 3.60. The molecule has 0 aromatic heterocycles. The highest BCUT2D eigenvalue weighted by molar-refractivity contribution is 8.00. The molecule has 0 radical (unpaired) electrons. The Balaban J connectivity index is 2.58. The summed E-state index contributed by atoms with van der Waals surface area (Å²) in [5.41, 5.74) is 5.82. The Morgan fingerprint density at radius 3 is 2.65 bits per heavy atom. The lowest BCUT2D eigenvalue weighted by molar-refractivity contribution is -0.130. The molecular weight excluding hydrogens is 234 g/mol. The number of hydrogen-bond acceptors (Lipinski definition) is 4. The molecule has 1 atom stereocenters. The third kappa shape index (κ3) is 4.48. The van der Waals surface area contributed by atoms with Crippen LogP contribution in [-0.2, 0) is 4.79 Å². The highest BCUT2D eigenvalue weighted by Gasteiger charge is 2.31. The van der Waals surface area contributed by atoms with Crippen LogP contribution in [0, 0.1) is 0 Å². The number of nitrogens with two attached hydrogens (primary N) is 1. The van der Waals surface area contributed by atoms with Crippen molar-refractivity contribution in [1.82, 2.24) is 9.80 Å². The van der Waals surface area contributed by atoms with Crippen LogP contribution in [0.1, 0.15) is 20.3 Å². The van der Waals surface area contributed by atoms with Crippen LogP contribution in [0.15, 0.2) is 0 Å². The second kappa shape index (κ2) is 6.07. The monoisotopic (exact) mass is 259 g/mol. The molecule has 0 saturated carbocycles. The highest BCUT2D eigenvalue weighted by Crippen LogP contribution is 2.30. The van der Waals surface area contributed by atoms with Gasteiger partial charge in [0.2, 0.25) is 5.91 Å². The zero-order valence-electron chi connectivity index (χ0n) is 11.4. The lowest BCUT2D eigenvalue weighted by Gasteiger charge is -2.41. The SMILES string of the molecule is CN(C)C(=O)CC(CN)N1CCSC(C)(C)C1. The molecule has 1 amide bonds. The summed E-state index contributed by atoms with van der Waals surface area (Å²) in [6, 6.07) is 0.185. The van der Waals surface area contributed by atoms with Crippen LogP contribution >= 0.6 is 11.8 Å². The van der Waals surface area contributed by atoms with Gasteiger partial charge in [-0.1, -0.05) is 0 Å². The van der Waals surface area contributed by atoms with E-state index in [9.17, 15) is 4.79 Å². The zero-order valence-corrected chi connectivity index (χ0v) is 12.2. The van der Waals surface area contributed by atoms with Crippen LogP contribution in [0.3, 0.4) is 0 Å². The van der Waals surface area contributed by atoms with Crippen molar-refractivity contribution >= 4 is 17.7 Å². The number of rotatable bonds is 4. The third-order valence-corrected chi connectivity index (χ3v) is 4.45. The van der Waals surface area contributed by atoms with Crippen molar-refractivity contribution < 1.29 is 4.79 Å². The maximum absolute atomic E-state index is 11.8. The molecule has 2 N–H and O–H groups in total. The van der Waals surface area contributed by atoms with Gasteiger partial charge in [0.15, 0.2) is 0 Å². The van der Waals surface area contributed by atoms with Crippen LogP contribution in [0.5, 0.6) is 0 Å². The first-order valence-corrected chi connectivity index (χ1v) is 7.12. The van der Waals surface area contributed by atoms with Gasteiger partial charge in [0.1, 0.15) is 0 Å². The summed E-state index contributed by atoms with van der Waals surface area (Å²) in [6.07, 6.45) is 0.532. The molecule has 17 heavy (non-hydrogen) atoms. The van der Waals surface area contributed by atoms with E-state index in [1.165, 1.54) is 0 Å². The predicted molar refractivity (Wildman–Crippen MR) is 74.3 cm³/mol. The van der Waals surface area contributed by atoms with Gasteiger partial charge in [-0.25, -0.2) is 0 Å². The molecule has 1 fully saturated rings. The van der Waals surface area contributed by atoms with Crippen LogP contribution in [0.2, 0.25) is 0 Å². The molecule has 1 saturated heterocycles. The number of amides is 1. The minimum atomic E-state index is 0.163. The molecule has 0 bridgehead atoms. The molecule has 4 nitrogen and oxygen atoms in total. The molecule has 1 rings (SSSR count). The van der Waals surface area contributed by atoms with Crippen LogP contribution in [0.25, 0.3) is 0 Å². The largest absolute Gasteiger partial charge is 0.349 e. The van der Waals surface area contributed by atoms with Crippen LogP contribution < -0.4 is 5.73 Å². The number of carbonyl (C=O) groups is 1. The van der Waals surface area contributed by atoms with Gasteiger partial charge in [-0.3, -0.25) is 9.69 Å². The van der Waals surface area contributed by atoms with Crippen LogP contribution in [-0.4, -0.2) is 66.0 Å². The van der Waals surface area contributed by atoms with E-state index in [2.05, 4.69) is 18.7 Å². The molecule has 1 aliphatic rings. The van der Waals surface area contributed by atoms with E-state index in [0.29, 0.717) is 13.0 Å². The normalized spacial score (nSPS) is 22.2. The van der Waals surface area contributed by atoms with Crippen molar-refractivity contribution in [1.29, 1.82) is 0 Å². The van der Waals surface area contributed by atoms with Crippen molar-refractivity contribution in [2.24, 2.45) is 5.73 Å². The number of thioether (sulfide) groups is 1. The van der Waals surface area contributed by atoms with Gasteiger partial charge in [-0.2, -0.15) is 11.8 Å². The van der Waals surface area contributed by atoms with E-state index in [1.807, 2.05) is 11.8 Å². The van der Waals surface area contributed by atoms with Gasteiger partial charge in [-0.05, 0) is 13.8 Å². The third-order valence-electron chi connectivity index (χ3n) is 3.15. The summed E-state index contributed by atoms with van der Waals surface area (Å²) >= 11 is 2.00. The highest BCUT2D eigenvalue weighted by atomic mass is 32.2. The Morgan fingerprint density at radius 2 is 2.18 bits per heavy atom. The van der Waals surface area contributed by atoms with Crippen LogP contribution in [0.4, 0.5) is 0 Å². The van der Waals surface area contributed by atoms with Gasteiger partial charge < -0.3 is 10.6 Å². The second-order valence-electron chi connectivity index (χ2n) is 5.46. The molecule has 0 aliphatic carbocycles. The number of carbonyl (C=O) groups excluding carboxylic acids is 1. The minimum Gasteiger partial charge on any atom is -0.349 e. The first kappa shape index (κ1) is 14.8. The summed E-state index contributed by atoms with van der Waals surface area (Å²) in [4.78, 5) is 15.8. The Kier molecular flexibility index (Phi) is 5.28. The fraction of sp³-hybridized carbons (Fsp3) is 0.917. The lowest BCUT2D eigenvalue weighted by Crippen LogP contribution is -2.52. The quantitative estimate of drug-likeness (QED) is 0.804. The fourth-order valence-corrected chi connectivity index (χ4v) is 3.25. The van der Waals surface area contributed by atoms with Gasteiger partial charge in [0, 0.05) is 56.7 Å². The smallest absolute Gasteiger partial charge is 0.223 e. The molecular formula is C12H25N3OS. The fourth-order valence-electron chi connectivity index (χ4n) is 2.11. The van der Waals surface area contributed by atoms with E-state index >= 15 is 0 Å². The lowest BCUT2D eigenvalue weighted by atomic mass is 10.1. The molecule has 0 aromatic carbocycles. The first-order valence-electron chi connectivity index (χ1n) is 6.14. The molecule has 100 valence electrons. The molecule has 1 aliphatic heterocycles.